The second-order valence-corrected chi connectivity index (χ2v) is 7.34. The molecule has 1 saturated heterocycles. The van der Waals surface area contributed by atoms with Gasteiger partial charge in [-0.25, -0.2) is 0 Å². The van der Waals surface area contributed by atoms with Crippen LogP contribution in [0.3, 0.4) is 0 Å². The number of nitrogens with one attached hydrogen (secondary N) is 1. The molecule has 0 radical (unpaired) electrons. The van der Waals surface area contributed by atoms with Crippen molar-refractivity contribution in [2.75, 3.05) is 18.4 Å². The fraction of sp³-hybridized carbons (Fsp3) is 0.500. The molecule has 0 spiro atoms. The number of carbonyl (C=O) groups is 2. The molecule has 1 aromatic rings. The molecule has 1 aliphatic heterocycles. The second kappa shape index (κ2) is 5.94. The number of benzene rings is 1. The van der Waals surface area contributed by atoms with Crippen molar-refractivity contribution in [3.8, 4) is 0 Å². The Kier molecular flexibility index (Phi) is 4.19. The Bertz CT molecular complexity index is 584. The molecular formula is C16H19IN2O2. The molecule has 1 saturated carbocycles. The third kappa shape index (κ3) is 3.56. The van der Waals surface area contributed by atoms with Gasteiger partial charge in [0.1, 0.15) is 0 Å². The average molecular weight is 398 g/mol. The van der Waals surface area contributed by atoms with E-state index in [0.717, 1.165) is 21.4 Å². The second-order valence-electron chi connectivity index (χ2n) is 6.09. The Hall–Kier alpha value is -1.11. The van der Waals surface area contributed by atoms with Crippen molar-refractivity contribution in [2.24, 2.45) is 11.8 Å². The average Bonchev–Trinajstić information content (AvgIpc) is 3.16. The molecule has 0 aromatic heterocycles. The van der Waals surface area contributed by atoms with Gasteiger partial charge in [0, 0.05) is 28.8 Å². The lowest BCUT2D eigenvalue weighted by molar-refractivity contribution is -0.128. The van der Waals surface area contributed by atoms with E-state index in [9.17, 15) is 9.59 Å². The lowest BCUT2D eigenvalue weighted by atomic mass is 10.1. The number of anilines is 1. The molecule has 2 aliphatic rings. The van der Waals surface area contributed by atoms with Gasteiger partial charge < -0.3 is 10.2 Å². The quantitative estimate of drug-likeness (QED) is 0.794. The van der Waals surface area contributed by atoms with Crippen molar-refractivity contribution in [1.29, 1.82) is 0 Å². The monoisotopic (exact) mass is 398 g/mol. The van der Waals surface area contributed by atoms with E-state index in [4.69, 9.17) is 0 Å². The van der Waals surface area contributed by atoms with E-state index in [1.165, 1.54) is 12.8 Å². The van der Waals surface area contributed by atoms with Crippen LogP contribution in [0, 0.1) is 22.3 Å². The summed E-state index contributed by atoms with van der Waals surface area (Å²) in [6.07, 6.45) is 2.80. The fourth-order valence-electron chi connectivity index (χ4n) is 2.74. The molecule has 1 N–H and O–H groups in total. The first-order valence-electron chi connectivity index (χ1n) is 7.37. The molecule has 4 nitrogen and oxygen atoms in total. The number of aryl methyl sites for hydroxylation is 1. The van der Waals surface area contributed by atoms with E-state index >= 15 is 0 Å². The number of halogens is 1. The van der Waals surface area contributed by atoms with Gasteiger partial charge in [-0.1, -0.05) is 0 Å². The standard InChI is InChI=1S/C16H19IN2O2/c1-10-6-13(17)4-5-14(10)18-16(21)12-7-15(20)19(9-12)8-11-2-3-11/h4-6,11-12H,2-3,7-9H2,1H3,(H,18,21). The molecule has 2 amide bonds. The summed E-state index contributed by atoms with van der Waals surface area (Å²) in [7, 11) is 0. The Morgan fingerprint density at radius 1 is 1.43 bits per heavy atom. The van der Waals surface area contributed by atoms with E-state index < -0.39 is 0 Å². The molecule has 3 rings (SSSR count). The van der Waals surface area contributed by atoms with Gasteiger partial charge >= 0.3 is 0 Å². The predicted molar refractivity (Wildman–Crippen MR) is 89.9 cm³/mol. The fourth-order valence-corrected chi connectivity index (χ4v) is 3.39. The highest BCUT2D eigenvalue weighted by Gasteiger charge is 2.37. The number of likely N-dealkylation sites (tertiary alicyclic amines) is 1. The minimum absolute atomic E-state index is 0.0362. The number of amides is 2. The van der Waals surface area contributed by atoms with Crippen LogP contribution in [-0.4, -0.2) is 29.8 Å². The van der Waals surface area contributed by atoms with Gasteiger partial charge in [-0.05, 0) is 72.0 Å². The zero-order valence-electron chi connectivity index (χ0n) is 12.1. The van der Waals surface area contributed by atoms with Gasteiger partial charge in [0.15, 0.2) is 0 Å². The largest absolute Gasteiger partial charge is 0.342 e. The summed E-state index contributed by atoms with van der Waals surface area (Å²) in [5, 5.41) is 2.97. The summed E-state index contributed by atoms with van der Waals surface area (Å²) < 4.78 is 1.15. The van der Waals surface area contributed by atoms with E-state index in [0.29, 0.717) is 18.9 Å². The molecule has 1 heterocycles. The first-order valence-corrected chi connectivity index (χ1v) is 8.45. The van der Waals surface area contributed by atoms with Crippen molar-refractivity contribution in [2.45, 2.75) is 26.2 Å². The molecule has 1 atom stereocenters. The normalized spacial score (nSPS) is 21.7. The molecule has 21 heavy (non-hydrogen) atoms. The van der Waals surface area contributed by atoms with Crippen molar-refractivity contribution in [1.82, 2.24) is 4.90 Å². The summed E-state index contributed by atoms with van der Waals surface area (Å²) in [4.78, 5) is 26.2. The topological polar surface area (TPSA) is 49.4 Å². The molecule has 1 aromatic carbocycles. The summed E-state index contributed by atoms with van der Waals surface area (Å²) in [6, 6.07) is 5.94. The van der Waals surface area contributed by atoms with Crippen LogP contribution in [-0.2, 0) is 9.59 Å². The molecule has 0 bridgehead atoms. The van der Waals surface area contributed by atoms with Crippen molar-refractivity contribution < 1.29 is 9.59 Å². The maximum absolute atomic E-state index is 12.4. The molecule has 5 heteroatoms. The highest BCUT2D eigenvalue weighted by Crippen LogP contribution is 2.32. The van der Waals surface area contributed by atoms with Crippen LogP contribution >= 0.6 is 22.6 Å². The van der Waals surface area contributed by atoms with Crippen LogP contribution in [0.4, 0.5) is 5.69 Å². The molecule has 112 valence electrons. The number of hydrogen-bond donors (Lipinski definition) is 1. The first-order chi connectivity index (χ1) is 10.0. The minimum atomic E-state index is -0.213. The Labute approximate surface area is 138 Å². The van der Waals surface area contributed by atoms with Crippen molar-refractivity contribution >= 4 is 40.1 Å². The lowest BCUT2D eigenvalue weighted by Gasteiger charge is -2.16. The highest BCUT2D eigenvalue weighted by atomic mass is 127. The Morgan fingerprint density at radius 2 is 2.19 bits per heavy atom. The van der Waals surface area contributed by atoms with Crippen LogP contribution in [0.1, 0.15) is 24.8 Å². The highest BCUT2D eigenvalue weighted by molar-refractivity contribution is 14.1. The smallest absolute Gasteiger partial charge is 0.229 e. The molecule has 2 fully saturated rings. The zero-order valence-corrected chi connectivity index (χ0v) is 14.2. The summed E-state index contributed by atoms with van der Waals surface area (Å²) in [6.45, 7) is 3.40. The molecular weight excluding hydrogens is 379 g/mol. The molecule has 1 aliphatic carbocycles. The van der Waals surface area contributed by atoms with Gasteiger partial charge in [-0.15, -0.1) is 0 Å². The number of carbonyl (C=O) groups excluding carboxylic acids is 2. The van der Waals surface area contributed by atoms with Crippen LogP contribution < -0.4 is 5.32 Å². The van der Waals surface area contributed by atoms with Gasteiger partial charge in [0.2, 0.25) is 11.8 Å². The van der Waals surface area contributed by atoms with Gasteiger partial charge in [0.05, 0.1) is 5.92 Å². The van der Waals surface area contributed by atoms with Crippen LogP contribution in [0.5, 0.6) is 0 Å². The maximum atomic E-state index is 12.4. The van der Waals surface area contributed by atoms with E-state index in [2.05, 4.69) is 27.9 Å². The van der Waals surface area contributed by atoms with Crippen LogP contribution in [0.15, 0.2) is 18.2 Å². The van der Waals surface area contributed by atoms with Gasteiger partial charge in [0.25, 0.3) is 0 Å². The molecule has 1 unspecified atom stereocenters. The lowest BCUT2D eigenvalue weighted by Crippen LogP contribution is -2.30. The maximum Gasteiger partial charge on any atom is 0.229 e. The van der Waals surface area contributed by atoms with Crippen molar-refractivity contribution in [3.05, 3.63) is 27.3 Å². The number of nitrogens with zero attached hydrogens (tertiary/aromatic N) is 1. The third-order valence-electron chi connectivity index (χ3n) is 4.21. The summed E-state index contributed by atoms with van der Waals surface area (Å²) in [5.41, 5.74) is 1.89. The van der Waals surface area contributed by atoms with E-state index in [1.807, 2.05) is 30.0 Å². The first kappa shape index (κ1) is 14.8. The summed E-state index contributed by atoms with van der Waals surface area (Å²) in [5.74, 6) is 0.552. The van der Waals surface area contributed by atoms with E-state index in [-0.39, 0.29) is 17.7 Å². The van der Waals surface area contributed by atoms with E-state index in [1.54, 1.807) is 0 Å². The number of hydrogen-bond acceptors (Lipinski definition) is 2. The number of rotatable bonds is 4. The SMILES string of the molecule is Cc1cc(I)ccc1NC(=O)C1CC(=O)N(CC2CC2)C1. The third-order valence-corrected chi connectivity index (χ3v) is 4.88. The van der Waals surface area contributed by atoms with Crippen LogP contribution in [0.25, 0.3) is 0 Å². The van der Waals surface area contributed by atoms with Gasteiger partial charge in [-0.3, -0.25) is 9.59 Å². The zero-order chi connectivity index (χ0) is 15.0. The Balaban J connectivity index is 1.61. The predicted octanol–water partition coefficient (Wildman–Crippen LogP) is 2.80. The van der Waals surface area contributed by atoms with Crippen LogP contribution in [0.2, 0.25) is 0 Å². The minimum Gasteiger partial charge on any atom is -0.342 e. The van der Waals surface area contributed by atoms with Crippen molar-refractivity contribution in [3.63, 3.8) is 0 Å². The Morgan fingerprint density at radius 3 is 2.86 bits per heavy atom. The van der Waals surface area contributed by atoms with Gasteiger partial charge in [-0.2, -0.15) is 0 Å². The summed E-state index contributed by atoms with van der Waals surface area (Å²) >= 11 is 2.25.